The van der Waals surface area contributed by atoms with Gasteiger partial charge in [-0.15, -0.1) is 0 Å². The Bertz CT molecular complexity index is 354. The highest BCUT2D eigenvalue weighted by atomic mass is 19.1. The van der Waals surface area contributed by atoms with E-state index >= 15 is 0 Å². The van der Waals surface area contributed by atoms with Gasteiger partial charge in [0.25, 0.3) is 0 Å². The topological polar surface area (TPSA) is 21.3 Å². The number of ether oxygens (including phenoxy) is 1. The largest absolute Gasteiger partial charge is 0.381 e. The number of rotatable bonds is 9. The van der Waals surface area contributed by atoms with Crippen molar-refractivity contribution in [1.29, 1.82) is 0 Å². The summed E-state index contributed by atoms with van der Waals surface area (Å²) in [5, 5.41) is 3.18. The first kappa shape index (κ1) is 16.1. The average Bonchev–Trinajstić information content (AvgIpc) is 2.37. The summed E-state index contributed by atoms with van der Waals surface area (Å²) in [5.74, 6) is 0.870. The highest BCUT2D eigenvalue weighted by Gasteiger charge is 2.11. The minimum Gasteiger partial charge on any atom is -0.381 e. The van der Waals surface area contributed by atoms with Crippen LogP contribution in [0.1, 0.15) is 25.8 Å². The van der Waals surface area contributed by atoms with E-state index in [1.807, 2.05) is 19.2 Å². The minimum absolute atomic E-state index is 0.105. The molecular formula is C16H26FNO. The molecule has 1 aromatic rings. The summed E-state index contributed by atoms with van der Waals surface area (Å²) in [5.41, 5.74) is 0.798. The van der Waals surface area contributed by atoms with Crippen molar-refractivity contribution in [2.75, 3.05) is 26.8 Å². The van der Waals surface area contributed by atoms with Crippen LogP contribution in [0.3, 0.4) is 0 Å². The second-order valence-corrected chi connectivity index (χ2v) is 5.48. The molecule has 1 aromatic carbocycles. The molecule has 0 heterocycles. The standard InChI is InChI=1S/C16H26FNO/c1-13(2)12-19-9-8-14(11-18-3)10-15-6-4-5-7-16(15)17/h4-7,13-14,18H,8-12H2,1-3H3. The Morgan fingerprint density at radius 3 is 2.63 bits per heavy atom. The van der Waals surface area contributed by atoms with E-state index < -0.39 is 0 Å². The van der Waals surface area contributed by atoms with Gasteiger partial charge in [-0.25, -0.2) is 4.39 Å². The molecule has 1 N–H and O–H groups in total. The molecular weight excluding hydrogens is 241 g/mol. The van der Waals surface area contributed by atoms with Crippen molar-refractivity contribution >= 4 is 0 Å². The molecule has 0 aliphatic rings. The summed E-state index contributed by atoms with van der Waals surface area (Å²) >= 11 is 0. The van der Waals surface area contributed by atoms with Gasteiger partial charge in [0.05, 0.1) is 0 Å². The molecule has 0 aliphatic heterocycles. The van der Waals surface area contributed by atoms with E-state index in [4.69, 9.17) is 4.74 Å². The van der Waals surface area contributed by atoms with Gasteiger partial charge in [0, 0.05) is 13.2 Å². The van der Waals surface area contributed by atoms with E-state index in [1.54, 1.807) is 6.07 Å². The van der Waals surface area contributed by atoms with Gasteiger partial charge in [-0.1, -0.05) is 32.0 Å². The maximum absolute atomic E-state index is 13.6. The number of halogens is 1. The van der Waals surface area contributed by atoms with Gasteiger partial charge in [-0.05, 0) is 49.9 Å². The Balaban J connectivity index is 2.42. The maximum atomic E-state index is 13.6. The van der Waals surface area contributed by atoms with Crippen LogP contribution in [0.2, 0.25) is 0 Å². The minimum atomic E-state index is -0.105. The van der Waals surface area contributed by atoms with Gasteiger partial charge >= 0.3 is 0 Å². The third-order valence-corrected chi connectivity index (χ3v) is 3.08. The van der Waals surface area contributed by atoms with Crippen molar-refractivity contribution in [2.24, 2.45) is 11.8 Å². The Hall–Kier alpha value is -0.930. The summed E-state index contributed by atoms with van der Waals surface area (Å²) < 4.78 is 19.3. The maximum Gasteiger partial charge on any atom is 0.126 e. The molecule has 1 rings (SSSR count). The monoisotopic (exact) mass is 267 g/mol. The van der Waals surface area contributed by atoms with E-state index in [-0.39, 0.29) is 5.82 Å². The molecule has 108 valence electrons. The van der Waals surface area contributed by atoms with Crippen molar-refractivity contribution < 1.29 is 9.13 Å². The van der Waals surface area contributed by atoms with Crippen LogP contribution in [-0.4, -0.2) is 26.8 Å². The van der Waals surface area contributed by atoms with Crippen molar-refractivity contribution in [3.63, 3.8) is 0 Å². The van der Waals surface area contributed by atoms with Crippen molar-refractivity contribution in [3.8, 4) is 0 Å². The molecule has 19 heavy (non-hydrogen) atoms. The third kappa shape index (κ3) is 6.69. The van der Waals surface area contributed by atoms with E-state index in [0.29, 0.717) is 11.8 Å². The first-order valence-corrected chi connectivity index (χ1v) is 7.09. The SMILES string of the molecule is CNCC(CCOCC(C)C)Cc1ccccc1F. The lowest BCUT2D eigenvalue weighted by atomic mass is 9.96. The summed E-state index contributed by atoms with van der Waals surface area (Å²) in [4.78, 5) is 0. The molecule has 2 nitrogen and oxygen atoms in total. The fraction of sp³-hybridized carbons (Fsp3) is 0.625. The Morgan fingerprint density at radius 2 is 2.00 bits per heavy atom. The van der Waals surface area contributed by atoms with Crippen LogP contribution in [0.5, 0.6) is 0 Å². The molecule has 0 bridgehead atoms. The van der Waals surface area contributed by atoms with E-state index in [1.165, 1.54) is 6.07 Å². The number of hydrogen-bond donors (Lipinski definition) is 1. The van der Waals surface area contributed by atoms with E-state index in [2.05, 4.69) is 19.2 Å². The van der Waals surface area contributed by atoms with Crippen molar-refractivity contribution in [1.82, 2.24) is 5.32 Å². The van der Waals surface area contributed by atoms with Crippen LogP contribution >= 0.6 is 0 Å². The number of nitrogens with one attached hydrogen (secondary N) is 1. The molecule has 0 saturated heterocycles. The molecule has 0 spiro atoms. The van der Waals surface area contributed by atoms with Crippen molar-refractivity contribution in [3.05, 3.63) is 35.6 Å². The molecule has 3 heteroatoms. The van der Waals surface area contributed by atoms with Crippen molar-refractivity contribution in [2.45, 2.75) is 26.7 Å². The predicted molar refractivity (Wildman–Crippen MR) is 77.8 cm³/mol. The smallest absolute Gasteiger partial charge is 0.126 e. The summed E-state index contributed by atoms with van der Waals surface area (Å²) in [7, 11) is 1.93. The molecule has 0 saturated carbocycles. The average molecular weight is 267 g/mol. The Morgan fingerprint density at radius 1 is 1.26 bits per heavy atom. The van der Waals surface area contributed by atoms with Gasteiger partial charge in [-0.3, -0.25) is 0 Å². The van der Waals surface area contributed by atoms with Crippen LogP contribution in [0, 0.1) is 17.7 Å². The van der Waals surface area contributed by atoms with Crippen LogP contribution in [0.15, 0.2) is 24.3 Å². The number of benzene rings is 1. The van der Waals surface area contributed by atoms with Gasteiger partial charge in [0.15, 0.2) is 0 Å². The Labute approximate surface area is 116 Å². The van der Waals surface area contributed by atoms with Gasteiger partial charge < -0.3 is 10.1 Å². The fourth-order valence-corrected chi connectivity index (χ4v) is 2.11. The fourth-order valence-electron chi connectivity index (χ4n) is 2.11. The molecule has 1 unspecified atom stereocenters. The molecule has 1 atom stereocenters. The summed E-state index contributed by atoms with van der Waals surface area (Å²) in [6, 6.07) is 7.02. The van der Waals surface area contributed by atoms with Crippen LogP contribution in [-0.2, 0) is 11.2 Å². The molecule has 0 fully saturated rings. The lowest BCUT2D eigenvalue weighted by molar-refractivity contribution is 0.0977. The normalized spacial score (nSPS) is 12.9. The van der Waals surface area contributed by atoms with E-state index in [0.717, 1.165) is 38.2 Å². The van der Waals surface area contributed by atoms with Gasteiger partial charge in [0.1, 0.15) is 5.82 Å². The quantitative estimate of drug-likeness (QED) is 0.693. The first-order valence-electron chi connectivity index (χ1n) is 7.09. The first-order chi connectivity index (χ1) is 9.13. The second-order valence-electron chi connectivity index (χ2n) is 5.48. The second kappa shape index (κ2) is 9.05. The lowest BCUT2D eigenvalue weighted by Crippen LogP contribution is -2.23. The zero-order valence-corrected chi connectivity index (χ0v) is 12.3. The summed E-state index contributed by atoms with van der Waals surface area (Å²) in [6.07, 6.45) is 1.72. The predicted octanol–water partition coefficient (Wildman–Crippen LogP) is 3.27. The zero-order valence-electron chi connectivity index (χ0n) is 12.3. The van der Waals surface area contributed by atoms with Gasteiger partial charge in [-0.2, -0.15) is 0 Å². The van der Waals surface area contributed by atoms with E-state index in [9.17, 15) is 4.39 Å². The molecule has 0 amide bonds. The number of hydrogen-bond acceptors (Lipinski definition) is 2. The molecule has 0 aliphatic carbocycles. The van der Waals surface area contributed by atoms with Crippen LogP contribution in [0.25, 0.3) is 0 Å². The summed E-state index contributed by atoms with van der Waals surface area (Å²) in [6.45, 7) is 6.72. The molecule has 0 radical (unpaired) electrons. The lowest BCUT2D eigenvalue weighted by Gasteiger charge is -2.17. The Kier molecular flexibility index (Phi) is 7.68. The van der Waals surface area contributed by atoms with Crippen LogP contribution < -0.4 is 5.32 Å². The van der Waals surface area contributed by atoms with Crippen LogP contribution in [0.4, 0.5) is 4.39 Å². The molecule has 0 aromatic heterocycles. The van der Waals surface area contributed by atoms with Gasteiger partial charge in [0.2, 0.25) is 0 Å². The highest BCUT2D eigenvalue weighted by Crippen LogP contribution is 2.15. The third-order valence-electron chi connectivity index (χ3n) is 3.08. The zero-order chi connectivity index (χ0) is 14.1. The highest BCUT2D eigenvalue weighted by molar-refractivity contribution is 5.17.